The van der Waals surface area contributed by atoms with E-state index in [4.69, 9.17) is 0 Å². The van der Waals surface area contributed by atoms with Gasteiger partial charge in [0.2, 0.25) is 19.7 Å². The molecule has 1 aromatic rings. The summed E-state index contributed by atoms with van der Waals surface area (Å²) in [5.41, 5.74) is 0.683. The van der Waals surface area contributed by atoms with Gasteiger partial charge in [-0.3, -0.25) is 0 Å². The molecule has 0 heterocycles. The predicted octanol–water partition coefficient (Wildman–Crippen LogP) is 2.61. The Morgan fingerprint density at radius 1 is 0.842 bits per heavy atom. The Morgan fingerprint density at radius 3 is 1.79 bits per heavy atom. The molecule has 0 fully saturated rings. The molecule has 0 N–H and O–H groups in total. The number of benzene rings is 1. The Balaban J connectivity index is 3.71. The van der Waals surface area contributed by atoms with Crippen molar-refractivity contribution in [3.8, 4) is 0 Å². The number of allylic oxidation sites excluding steroid dienone is 2. The molecule has 0 unspecified atom stereocenters. The molecule has 6 heteroatoms. The first-order chi connectivity index (χ1) is 8.74. The molecule has 1 aromatic carbocycles. The lowest BCUT2D eigenvalue weighted by molar-refractivity contribution is 0.591. The van der Waals surface area contributed by atoms with Gasteiger partial charge in [0.15, 0.2) is 0 Å². The molecule has 104 valence electrons. The van der Waals surface area contributed by atoms with E-state index in [-0.39, 0.29) is 9.79 Å². The summed E-state index contributed by atoms with van der Waals surface area (Å²) in [4.78, 5) is -0.391. The average Bonchev–Trinajstić information content (AvgIpc) is 2.28. The first-order valence-electron chi connectivity index (χ1n) is 5.61. The maximum absolute atomic E-state index is 12.1. The fourth-order valence-corrected chi connectivity index (χ4v) is 4.58. The van der Waals surface area contributed by atoms with E-state index in [0.29, 0.717) is 5.56 Å². The van der Waals surface area contributed by atoms with Gasteiger partial charge in [0.1, 0.15) is 0 Å². The largest absolute Gasteiger partial charge is 0.219 e. The van der Waals surface area contributed by atoms with E-state index >= 15 is 0 Å². The van der Waals surface area contributed by atoms with Crippen molar-refractivity contribution < 1.29 is 16.8 Å². The summed E-state index contributed by atoms with van der Waals surface area (Å²) < 4.78 is 48.2. The van der Waals surface area contributed by atoms with Crippen molar-refractivity contribution in [2.75, 3.05) is 0 Å². The quantitative estimate of drug-likeness (QED) is 0.857. The zero-order chi connectivity index (χ0) is 14.7. The smallest absolute Gasteiger partial charge is 0.200 e. The van der Waals surface area contributed by atoms with Gasteiger partial charge in [0, 0.05) is 10.8 Å². The molecule has 0 spiro atoms. The van der Waals surface area contributed by atoms with E-state index in [1.165, 1.54) is 24.3 Å². The number of sulfone groups is 2. The Hall–Kier alpha value is -1.40. The Bertz CT molecular complexity index is 724. The number of aryl methyl sites for hydroxylation is 1. The minimum atomic E-state index is -3.76. The summed E-state index contributed by atoms with van der Waals surface area (Å²) >= 11 is 0. The molecule has 0 aliphatic heterocycles. The summed E-state index contributed by atoms with van der Waals surface area (Å²) in [7, 11) is -7.51. The summed E-state index contributed by atoms with van der Waals surface area (Å²) in [5, 5.41) is 1.99. The molecule has 19 heavy (non-hydrogen) atoms. The lowest BCUT2D eigenvalue weighted by atomic mass is 10.2. The van der Waals surface area contributed by atoms with Crippen LogP contribution < -0.4 is 0 Å². The lowest BCUT2D eigenvalue weighted by Gasteiger charge is -2.08. The number of rotatable bonds is 4. The van der Waals surface area contributed by atoms with Crippen molar-refractivity contribution in [3.63, 3.8) is 0 Å². The van der Waals surface area contributed by atoms with Gasteiger partial charge in [-0.25, -0.2) is 16.8 Å². The minimum Gasteiger partial charge on any atom is -0.219 e. The van der Waals surface area contributed by atoms with Gasteiger partial charge in [-0.1, -0.05) is 18.2 Å². The monoisotopic (exact) mass is 300 g/mol. The van der Waals surface area contributed by atoms with Crippen LogP contribution in [0.3, 0.4) is 0 Å². The van der Waals surface area contributed by atoms with Crippen molar-refractivity contribution in [2.24, 2.45) is 0 Å². The van der Waals surface area contributed by atoms with Gasteiger partial charge in [-0.2, -0.15) is 0 Å². The molecule has 0 aliphatic carbocycles. The molecule has 4 nitrogen and oxygen atoms in total. The van der Waals surface area contributed by atoms with Crippen molar-refractivity contribution in [2.45, 2.75) is 30.6 Å². The van der Waals surface area contributed by atoms with Crippen molar-refractivity contribution in [3.05, 3.63) is 46.7 Å². The Labute approximate surface area is 114 Å². The second-order valence-corrected chi connectivity index (χ2v) is 7.58. The van der Waals surface area contributed by atoms with Gasteiger partial charge in [0.25, 0.3) is 0 Å². The second-order valence-electron chi connectivity index (χ2n) is 3.98. The first kappa shape index (κ1) is 15.7. The first-order valence-corrected chi connectivity index (χ1v) is 8.70. The minimum absolute atomic E-state index is 0.191. The maximum Gasteiger partial charge on any atom is 0.200 e. The molecule has 0 saturated carbocycles. The second kappa shape index (κ2) is 5.71. The van der Waals surface area contributed by atoms with Crippen LogP contribution in [0, 0.1) is 6.92 Å². The third-order valence-corrected chi connectivity index (χ3v) is 5.65. The topological polar surface area (TPSA) is 68.3 Å². The molecule has 0 aromatic heterocycles. The van der Waals surface area contributed by atoms with E-state index in [1.54, 1.807) is 26.8 Å². The van der Waals surface area contributed by atoms with Gasteiger partial charge in [0.05, 0.1) is 9.79 Å². The highest BCUT2D eigenvalue weighted by atomic mass is 32.2. The summed E-state index contributed by atoms with van der Waals surface area (Å²) in [5.74, 6) is 0. The van der Waals surface area contributed by atoms with E-state index in [9.17, 15) is 16.8 Å². The van der Waals surface area contributed by atoms with Crippen LogP contribution in [0.1, 0.15) is 19.4 Å². The van der Waals surface area contributed by atoms with E-state index in [1.807, 2.05) is 0 Å². The zero-order valence-corrected chi connectivity index (χ0v) is 12.6. The van der Waals surface area contributed by atoms with Gasteiger partial charge < -0.3 is 0 Å². The standard InChI is InChI=1S/C13H16O4S2/c1-4-8-18(14,15)12-7-6-11(3)10-13(12)19(16,17)9-5-2/h4-10H,1-3H3. The fourth-order valence-electron chi connectivity index (χ4n) is 1.58. The van der Waals surface area contributed by atoms with Crippen LogP contribution in [0.4, 0.5) is 0 Å². The van der Waals surface area contributed by atoms with Gasteiger partial charge in [-0.05, 0) is 38.5 Å². The van der Waals surface area contributed by atoms with Gasteiger partial charge in [-0.15, -0.1) is 0 Å². The van der Waals surface area contributed by atoms with E-state index < -0.39 is 19.7 Å². The van der Waals surface area contributed by atoms with Gasteiger partial charge >= 0.3 is 0 Å². The van der Waals surface area contributed by atoms with Crippen LogP contribution in [0.2, 0.25) is 0 Å². The molecular weight excluding hydrogens is 284 g/mol. The van der Waals surface area contributed by atoms with Crippen molar-refractivity contribution in [1.82, 2.24) is 0 Å². The molecular formula is C13H16O4S2. The highest BCUT2D eigenvalue weighted by Gasteiger charge is 2.23. The van der Waals surface area contributed by atoms with Crippen LogP contribution in [0.25, 0.3) is 0 Å². The van der Waals surface area contributed by atoms with E-state index in [0.717, 1.165) is 10.8 Å². The third-order valence-electron chi connectivity index (χ3n) is 2.34. The normalized spacial score (nSPS) is 13.4. The summed E-state index contributed by atoms with van der Waals surface area (Å²) in [6.45, 7) is 4.83. The molecule has 0 atom stereocenters. The van der Waals surface area contributed by atoms with Crippen LogP contribution in [-0.2, 0) is 19.7 Å². The lowest BCUT2D eigenvalue weighted by Crippen LogP contribution is -2.06. The van der Waals surface area contributed by atoms with Crippen LogP contribution in [0.5, 0.6) is 0 Å². The molecule has 0 saturated heterocycles. The van der Waals surface area contributed by atoms with E-state index in [2.05, 4.69) is 0 Å². The zero-order valence-electron chi connectivity index (χ0n) is 11.0. The van der Waals surface area contributed by atoms with Crippen molar-refractivity contribution in [1.29, 1.82) is 0 Å². The summed E-state index contributed by atoms with van der Waals surface area (Å²) in [6.07, 6.45) is 2.73. The fraction of sp³-hybridized carbons (Fsp3) is 0.231. The third kappa shape index (κ3) is 3.54. The molecule has 0 aliphatic rings. The highest BCUT2D eigenvalue weighted by Crippen LogP contribution is 2.25. The highest BCUT2D eigenvalue weighted by molar-refractivity contribution is 7.97. The molecule has 1 rings (SSSR count). The predicted molar refractivity (Wildman–Crippen MR) is 75.2 cm³/mol. The van der Waals surface area contributed by atoms with Crippen LogP contribution in [0.15, 0.2) is 51.0 Å². The Morgan fingerprint density at radius 2 is 1.32 bits per heavy atom. The Kier molecular flexibility index (Phi) is 4.70. The molecule has 0 radical (unpaired) electrons. The summed E-state index contributed by atoms with van der Waals surface area (Å²) in [6, 6.07) is 4.26. The molecule has 0 bridgehead atoms. The number of hydrogen-bond acceptors (Lipinski definition) is 4. The SMILES string of the molecule is CC=CS(=O)(=O)c1ccc(C)cc1S(=O)(=O)C=CC. The maximum atomic E-state index is 12.1. The van der Waals surface area contributed by atoms with Crippen LogP contribution in [-0.4, -0.2) is 16.8 Å². The van der Waals surface area contributed by atoms with Crippen LogP contribution >= 0.6 is 0 Å². The van der Waals surface area contributed by atoms with Crippen molar-refractivity contribution >= 4 is 19.7 Å². The molecule has 0 amide bonds. The average molecular weight is 300 g/mol. The number of hydrogen-bond donors (Lipinski definition) is 0.